The number of anilines is 1. The molecule has 4 nitrogen and oxygen atoms in total. The average Bonchev–Trinajstić information content (AvgIpc) is 2.30. The Balaban J connectivity index is 2.42. The van der Waals surface area contributed by atoms with E-state index in [1.807, 2.05) is 6.92 Å². The van der Waals surface area contributed by atoms with E-state index in [0.29, 0.717) is 12.1 Å². The minimum atomic E-state index is -0.917. The van der Waals surface area contributed by atoms with E-state index in [1.54, 1.807) is 6.92 Å². The number of carbonyl (C=O) groups excluding carboxylic acids is 1. The second-order valence-corrected chi connectivity index (χ2v) is 4.17. The van der Waals surface area contributed by atoms with Gasteiger partial charge in [0.1, 0.15) is 5.82 Å². The first kappa shape index (κ1) is 13.4. The molecule has 0 radical (unpaired) electrons. The molecule has 5 heteroatoms. The van der Waals surface area contributed by atoms with E-state index in [0.717, 1.165) is 0 Å². The molecule has 0 aromatic heterocycles. The Morgan fingerprint density at radius 3 is 2.53 bits per heavy atom. The molecular weight excluding hydrogens is 223 g/mol. The van der Waals surface area contributed by atoms with Gasteiger partial charge >= 0.3 is 6.03 Å². The Bertz CT molecular complexity index is 377. The lowest BCUT2D eigenvalue weighted by molar-refractivity contribution is 0.0587. The predicted molar refractivity (Wildman–Crippen MR) is 64.3 cm³/mol. The van der Waals surface area contributed by atoms with E-state index in [-0.39, 0.29) is 12.4 Å². The molecule has 1 atom stereocenters. The molecule has 0 aliphatic heterocycles. The van der Waals surface area contributed by atoms with Crippen molar-refractivity contribution in [3.63, 3.8) is 0 Å². The fourth-order valence-corrected chi connectivity index (χ4v) is 1.10. The highest BCUT2D eigenvalue weighted by molar-refractivity contribution is 5.89. The van der Waals surface area contributed by atoms with Crippen LogP contribution in [0.1, 0.15) is 20.3 Å². The van der Waals surface area contributed by atoms with Gasteiger partial charge < -0.3 is 15.7 Å². The first-order valence-corrected chi connectivity index (χ1v) is 5.46. The van der Waals surface area contributed by atoms with Gasteiger partial charge in [-0.15, -0.1) is 0 Å². The average molecular weight is 240 g/mol. The van der Waals surface area contributed by atoms with Crippen molar-refractivity contribution in [3.8, 4) is 0 Å². The number of halogens is 1. The summed E-state index contributed by atoms with van der Waals surface area (Å²) < 4.78 is 12.6. The van der Waals surface area contributed by atoms with Gasteiger partial charge in [0.2, 0.25) is 0 Å². The van der Waals surface area contributed by atoms with Gasteiger partial charge in [-0.1, -0.05) is 6.92 Å². The summed E-state index contributed by atoms with van der Waals surface area (Å²) in [7, 11) is 0. The maximum Gasteiger partial charge on any atom is 0.319 e. The normalized spacial score (nSPS) is 13.9. The summed E-state index contributed by atoms with van der Waals surface area (Å²) >= 11 is 0. The van der Waals surface area contributed by atoms with Crippen LogP contribution in [0.4, 0.5) is 14.9 Å². The van der Waals surface area contributed by atoms with Gasteiger partial charge in [-0.2, -0.15) is 0 Å². The SMILES string of the molecule is CC[C@@](C)(O)CNC(=O)Nc1ccc(F)cc1. The summed E-state index contributed by atoms with van der Waals surface area (Å²) in [6.07, 6.45) is 0.545. The predicted octanol–water partition coefficient (Wildman–Crippen LogP) is 2.11. The lowest BCUT2D eigenvalue weighted by Gasteiger charge is -2.21. The zero-order valence-corrected chi connectivity index (χ0v) is 9.96. The maximum absolute atomic E-state index is 12.6. The lowest BCUT2D eigenvalue weighted by Crippen LogP contribution is -2.41. The molecule has 0 bridgehead atoms. The summed E-state index contributed by atoms with van der Waals surface area (Å²) in [4.78, 5) is 11.4. The third-order valence-corrected chi connectivity index (χ3v) is 2.49. The Morgan fingerprint density at radius 2 is 2.00 bits per heavy atom. The van der Waals surface area contributed by atoms with Gasteiger partial charge in [-0.3, -0.25) is 0 Å². The number of amides is 2. The number of nitrogens with one attached hydrogen (secondary N) is 2. The largest absolute Gasteiger partial charge is 0.388 e. The van der Waals surface area contributed by atoms with Crippen molar-refractivity contribution in [2.45, 2.75) is 25.9 Å². The summed E-state index contributed by atoms with van der Waals surface area (Å²) in [5.41, 5.74) is -0.416. The highest BCUT2D eigenvalue weighted by Crippen LogP contribution is 2.09. The molecule has 0 aliphatic carbocycles. The number of urea groups is 1. The van der Waals surface area contributed by atoms with E-state index >= 15 is 0 Å². The molecule has 0 spiro atoms. The molecule has 17 heavy (non-hydrogen) atoms. The maximum atomic E-state index is 12.6. The van der Waals surface area contributed by atoms with Gasteiger partial charge in [0.15, 0.2) is 0 Å². The van der Waals surface area contributed by atoms with Crippen LogP contribution in [0.25, 0.3) is 0 Å². The van der Waals surface area contributed by atoms with Crippen molar-refractivity contribution in [3.05, 3.63) is 30.1 Å². The first-order chi connectivity index (χ1) is 7.93. The van der Waals surface area contributed by atoms with Crippen molar-refractivity contribution in [2.75, 3.05) is 11.9 Å². The van der Waals surface area contributed by atoms with Gasteiger partial charge in [-0.25, -0.2) is 9.18 Å². The quantitative estimate of drug-likeness (QED) is 0.754. The van der Waals surface area contributed by atoms with E-state index in [1.165, 1.54) is 24.3 Å². The Morgan fingerprint density at radius 1 is 1.41 bits per heavy atom. The van der Waals surface area contributed by atoms with E-state index in [2.05, 4.69) is 10.6 Å². The monoisotopic (exact) mass is 240 g/mol. The smallest absolute Gasteiger partial charge is 0.319 e. The van der Waals surface area contributed by atoms with Crippen LogP contribution in [0, 0.1) is 5.82 Å². The molecule has 0 fully saturated rings. The van der Waals surface area contributed by atoms with Crippen LogP contribution in [0.15, 0.2) is 24.3 Å². The second-order valence-electron chi connectivity index (χ2n) is 4.17. The van der Waals surface area contributed by atoms with Crippen molar-refractivity contribution in [1.82, 2.24) is 5.32 Å². The summed E-state index contributed by atoms with van der Waals surface area (Å²) in [6, 6.07) is 5.03. The zero-order chi connectivity index (χ0) is 12.9. The van der Waals surface area contributed by atoms with Gasteiger partial charge in [0, 0.05) is 12.2 Å². The Labute approximate surface area is 99.8 Å². The number of hydrogen-bond donors (Lipinski definition) is 3. The molecule has 3 N–H and O–H groups in total. The Kier molecular flexibility index (Phi) is 4.45. The topological polar surface area (TPSA) is 61.4 Å². The molecule has 0 heterocycles. The van der Waals surface area contributed by atoms with Gasteiger partial charge in [-0.05, 0) is 37.6 Å². The van der Waals surface area contributed by atoms with Crippen LogP contribution < -0.4 is 10.6 Å². The van der Waals surface area contributed by atoms with Gasteiger partial charge in [0.25, 0.3) is 0 Å². The number of carbonyl (C=O) groups is 1. The van der Waals surface area contributed by atoms with Crippen LogP contribution in [-0.2, 0) is 0 Å². The molecule has 1 rings (SSSR count). The lowest BCUT2D eigenvalue weighted by atomic mass is 10.0. The van der Waals surface area contributed by atoms with Crippen LogP contribution in [0.2, 0.25) is 0 Å². The summed E-state index contributed by atoms with van der Waals surface area (Å²) in [6.45, 7) is 3.64. The highest BCUT2D eigenvalue weighted by Gasteiger charge is 2.18. The van der Waals surface area contributed by atoms with Crippen molar-refractivity contribution >= 4 is 11.7 Å². The molecule has 0 aliphatic rings. The molecule has 94 valence electrons. The fraction of sp³-hybridized carbons (Fsp3) is 0.417. The molecule has 0 unspecified atom stereocenters. The number of hydrogen-bond acceptors (Lipinski definition) is 2. The van der Waals surface area contributed by atoms with Crippen LogP contribution in [0.5, 0.6) is 0 Å². The van der Waals surface area contributed by atoms with E-state index in [9.17, 15) is 14.3 Å². The fourth-order valence-electron chi connectivity index (χ4n) is 1.10. The second kappa shape index (κ2) is 5.63. The number of aliphatic hydroxyl groups is 1. The van der Waals surface area contributed by atoms with Crippen molar-refractivity contribution < 1.29 is 14.3 Å². The number of rotatable bonds is 4. The molecule has 1 aromatic rings. The molecule has 0 saturated heterocycles. The third-order valence-electron chi connectivity index (χ3n) is 2.49. The number of benzene rings is 1. The van der Waals surface area contributed by atoms with Crippen molar-refractivity contribution in [1.29, 1.82) is 0 Å². The standard InChI is InChI=1S/C12H17FN2O2/c1-3-12(2,17)8-14-11(16)15-10-6-4-9(13)5-7-10/h4-7,17H,3,8H2,1-2H3,(H2,14,15,16)/t12-/m1/s1. The first-order valence-electron chi connectivity index (χ1n) is 5.46. The highest BCUT2D eigenvalue weighted by atomic mass is 19.1. The van der Waals surface area contributed by atoms with Gasteiger partial charge in [0.05, 0.1) is 5.60 Å². The van der Waals surface area contributed by atoms with Crippen LogP contribution >= 0.6 is 0 Å². The zero-order valence-electron chi connectivity index (χ0n) is 9.96. The van der Waals surface area contributed by atoms with E-state index < -0.39 is 11.6 Å². The third kappa shape index (κ3) is 4.82. The minimum Gasteiger partial charge on any atom is -0.388 e. The van der Waals surface area contributed by atoms with Crippen LogP contribution in [0.3, 0.4) is 0 Å². The summed E-state index contributed by atoms with van der Waals surface area (Å²) in [5, 5.41) is 14.8. The molecule has 0 saturated carbocycles. The Hall–Kier alpha value is -1.62. The van der Waals surface area contributed by atoms with Crippen LogP contribution in [-0.4, -0.2) is 23.3 Å². The minimum absolute atomic E-state index is 0.163. The molecule has 2 amide bonds. The van der Waals surface area contributed by atoms with E-state index in [4.69, 9.17) is 0 Å². The van der Waals surface area contributed by atoms with Crippen molar-refractivity contribution in [2.24, 2.45) is 0 Å². The molecular formula is C12H17FN2O2. The molecule has 1 aromatic carbocycles. The summed E-state index contributed by atoms with van der Waals surface area (Å²) in [5.74, 6) is -0.357.